The fourth-order valence-corrected chi connectivity index (χ4v) is 5.73. The minimum absolute atomic E-state index is 0.137. The quantitative estimate of drug-likeness (QED) is 0.896. The van der Waals surface area contributed by atoms with Crippen molar-refractivity contribution in [2.45, 2.75) is 51.0 Å². The Hall–Kier alpha value is -1.35. The molecule has 1 aromatic rings. The van der Waals surface area contributed by atoms with Crippen molar-refractivity contribution in [1.82, 2.24) is 5.32 Å². The molecule has 1 amide bonds. The van der Waals surface area contributed by atoms with Gasteiger partial charge < -0.3 is 10.4 Å². The van der Waals surface area contributed by atoms with Gasteiger partial charge in [0.1, 0.15) is 5.60 Å². The highest BCUT2D eigenvalue weighted by Crippen LogP contribution is 2.60. The number of aliphatic hydroxyl groups is 1. The molecule has 5 rings (SSSR count). The molecule has 4 saturated carbocycles. The number of carbonyl (C=O) groups excluding carboxylic acids is 1. The van der Waals surface area contributed by atoms with Gasteiger partial charge in [0, 0.05) is 5.41 Å². The Labute approximate surface area is 138 Å². The molecule has 23 heavy (non-hydrogen) atoms. The molecule has 0 radical (unpaired) electrons. The third-order valence-corrected chi connectivity index (χ3v) is 6.51. The van der Waals surface area contributed by atoms with Gasteiger partial charge in [-0.2, -0.15) is 0 Å². The van der Waals surface area contributed by atoms with Gasteiger partial charge in [0.2, 0.25) is 5.91 Å². The summed E-state index contributed by atoms with van der Waals surface area (Å²) in [5.41, 5.74) is -0.299. The first-order chi connectivity index (χ1) is 11.0. The van der Waals surface area contributed by atoms with Crippen LogP contribution in [0.3, 0.4) is 0 Å². The van der Waals surface area contributed by atoms with Gasteiger partial charge in [0.15, 0.2) is 0 Å². The normalized spacial score (nSPS) is 37.4. The summed E-state index contributed by atoms with van der Waals surface area (Å²) >= 11 is 0. The molecule has 2 N–H and O–H groups in total. The van der Waals surface area contributed by atoms with E-state index in [9.17, 15) is 9.90 Å². The van der Waals surface area contributed by atoms with E-state index in [4.69, 9.17) is 0 Å². The van der Waals surface area contributed by atoms with E-state index in [1.807, 2.05) is 30.3 Å². The van der Waals surface area contributed by atoms with Crippen LogP contribution in [0.25, 0.3) is 0 Å². The SMILES string of the molecule is C[C@](O)(CNC(=O)C12CC3CC(CC(C3)C1)C2)c1ccccc1. The van der Waals surface area contributed by atoms with Crippen molar-refractivity contribution in [3.8, 4) is 0 Å². The van der Waals surface area contributed by atoms with E-state index in [0.717, 1.165) is 42.6 Å². The Kier molecular flexibility index (Phi) is 3.53. The molecule has 1 atom stereocenters. The monoisotopic (exact) mass is 313 g/mol. The maximum Gasteiger partial charge on any atom is 0.226 e. The van der Waals surface area contributed by atoms with Crippen LogP contribution < -0.4 is 5.32 Å². The number of rotatable bonds is 4. The van der Waals surface area contributed by atoms with Gasteiger partial charge >= 0.3 is 0 Å². The number of nitrogens with one attached hydrogen (secondary N) is 1. The Bertz CT molecular complexity index is 558. The third kappa shape index (κ3) is 2.69. The summed E-state index contributed by atoms with van der Waals surface area (Å²) in [5, 5.41) is 13.8. The van der Waals surface area contributed by atoms with Gasteiger partial charge in [-0.15, -0.1) is 0 Å². The molecule has 4 bridgehead atoms. The summed E-state index contributed by atoms with van der Waals surface area (Å²) in [6.07, 6.45) is 7.23. The van der Waals surface area contributed by atoms with Gasteiger partial charge in [0.25, 0.3) is 0 Å². The Morgan fingerprint density at radius 2 is 1.65 bits per heavy atom. The molecule has 0 heterocycles. The summed E-state index contributed by atoms with van der Waals surface area (Å²) in [4.78, 5) is 13.0. The molecule has 3 heteroatoms. The van der Waals surface area contributed by atoms with Crippen molar-refractivity contribution in [2.24, 2.45) is 23.2 Å². The van der Waals surface area contributed by atoms with Crippen molar-refractivity contribution in [3.63, 3.8) is 0 Å². The van der Waals surface area contributed by atoms with Gasteiger partial charge in [-0.25, -0.2) is 0 Å². The van der Waals surface area contributed by atoms with E-state index in [-0.39, 0.29) is 17.9 Å². The largest absolute Gasteiger partial charge is 0.384 e. The lowest BCUT2D eigenvalue weighted by Crippen LogP contribution is -2.55. The first kappa shape index (κ1) is 15.2. The maximum absolute atomic E-state index is 13.0. The lowest BCUT2D eigenvalue weighted by atomic mass is 9.49. The number of benzene rings is 1. The van der Waals surface area contributed by atoms with Crippen LogP contribution in [0.5, 0.6) is 0 Å². The maximum atomic E-state index is 13.0. The zero-order valence-corrected chi connectivity index (χ0v) is 13.9. The molecule has 3 nitrogen and oxygen atoms in total. The van der Waals surface area contributed by atoms with E-state index < -0.39 is 5.60 Å². The highest BCUT2D eigenvalue weighted by molar-refractivity contribution is 5.83. The average molecular weight is 313 g/mol. The van der Waals surface area contributed by atoms with Crippen LogP contribution in [0, 0.1) is 23.2 Å². The number of hydrogen-bond donors (Lipinski definition) is 2. The molecule has 4 aliphatic rings. The van der Waals surface area contributed by atoms with Crippen LogP contribution in [0.1, 0.15) is 51.0 Å². The van der Waals surface area contributed by atoms with E-state index in [1.165, 1.54) is 19.3 Å². The predicted octanol–water partition coefficient (Wildman–Crippen LogP) is 3.23. The predicted molar refractivity (Wildman–Crippen MR) is 89.6 cm³/mol. The van der Waals surface area contributed by atoms with E-state index >= 15 is 0 Å². The minimum atomic E-state index is -1.01. The second-order valence-electron chi connectivity index (χ2n) is 8.52. The second kappa shape index (κ2) is 5.34. The first-order valence-corrected chi connectivity index (χ1v) is 9.03. The summed E-state index contributed by atoms with van der Waals surface area (Å²) in [7, 11) is 0. The lowest BCUT2D eigenvalue weighted by molar-refractivity contribution is -0.147. The molecular weight excluding hydrogens is 286 g/mol. The average Bonchev–Trinajstić information content (AvgIpc) is 2.52. The van der Waals surface area contributed by atoms with Crippen molar-refractivity contribution >= 4 is 5.91 Å². The zero-order chi connectivity index (χ0) is 16.1. The van der Waals surface area contributed by atoms with Crippen LogP contribution in [0.4, 0.5) is 0 Å². The van der Waals surface area contributed by atoms with Crippen molar-refractivity contribution in [1.29, 1.82) is 0 Å². The molecular formula is C20H27NO2. The van der Waals surface area contributed by atoms with E-state index in [2.05, 4.69) is 5.32 Å². The smallest absolute Gasteiger partial charge is 0.226 e. The van der Waals surface area contributed by atoms with Crippen molar-refractivity contribution in [3.05, 3.63) is 35.9 Å². The third-order valence-electron chi connectivity index (χ3n) is 6.51. The minimum Gasteiger partial charge on any atom is -0.384 e. The summed E-state index contributed by atoms with van der Waals surface area (Å²) in [6, 6.07) is 9.61. The molecule has 0 aromatic heterocycles. The van der Waals surface area contributed by atoms with Crippen molar-refractivity contribution < 1.29 is 9.90 Å². The van der Waals surface area contributed by atoms with Gasteiger partial charge in [0.05, 0.1) is 6.54 Å². The van der Waals surface area contributed by atoms with E-state index in [0.29, 0.717) is 0 Å². The lowest BCUT2D eigenvalue weighted by Gasteiger charge is -2.55. The number of carbonyl (C=O) groups is 1. The number of hydrogen-bond acceptors (Lipinski definition) is 2. The first-order valence-electron chi connectivity index (χ1n) is 9.03. The van der Waals surface area contributed by atoms with Crippen LogP contribution >= 0.6 is 0 Å². The second-order valence-corrected chi connectivity index (χ2v) is 8.52. The molecule has 4 fully saturated rings. The Morgan fingerprint density at radius 1 is 1.13 bits per heavy atom. The van der Waals surface area contributed by atoms with Crippen LogP contribution in [-0.2, 0) is 10.4 Å². The highest BCUT2D eigenvalue weighted by atomic mass is 16.3. The highest BCUT2D eigenvalue weighted by Gasteiger charge is 2.54. The topological polar surface area (TPSA) is 49.3 Å². The fourth-order valence-electron chi connectivity index (χ4n) is 5.73. The summed E-state index contributed by atoms with van der Waals surface area (Å²) in [6.45, 7) is 2.07. The molecule has 0 spiro atoms. The van der Waals surface area contributed by atoms with Crippen LogP contribution in [0.2, 0.25) is 0 Å². The standard InChI is InChI=1S/C20H27NO2/c1-19(23,17-5-3-2-4-6-17)13-21-18(22)20-10-14-7-15(11-20)9-16(8-14)12-20/h2-6,14-16,23H,7-13H2,1H3,(H,21,22)/t14?,15?,16?,19-,20?/m0/s1. The van der Waals surface area contributed by atoms with Gasteiger partial charge in [-0.3, -0.25) is 4.79 Å². The van der Waals surface area contributed by atoms with E-state index in [1.54, 1.807) is 6.92 Å². The fraction of sp³-hybridized carbons (Fsp3) is 0.650. The number of amides is 1. The zero-order valence-electron chi connectivity index (χ0n) is 13.9. The van der Waals surface area contributed by atoms with Crippen molar-refractivity contribution in [2.75, 3.05) is 6.54 Å². The molecule has 1 aromatic carbocycles. The Balaban J connectivity index is 1.44. The molecule has 0 unspecified atom stereocenters. The van der Waals surface area contributed by atoms with Gasteiger partial charge in [-0.05, 0) is 68.8 Å². The molecule has 124 valence electrons. The van der Waals surface area contributed by atoms with Gasteiger partial charge in [-0.1, -0.05) is 30.3 Å². The van der Waals surface area contributed by atoms with Crippen LogP contribution in [0.15, 0.2) is 30.3 Å². The molecule has 0 aliphatic heterocycles. The summed E-state index contributed by atoms with van der Waals surface area (Å²) < 4.78 is 0. The van der Waals surface area contributed by atoms with Crippen LogP contribution in [-0.4, -0.2) is 17.6 Å². The summed E-state index contributed by atoms with van der Waals surface area (Å²) in [5.74, 6) is 2.48. The molecule has 4 aliphatic carbocycles. The Morgan fingerprint density at radius 3 is 2.17 bits per heavy atom. The molecule has 0 saturated heterocycles.